The lowest BCUT2D eigenvalue weighted by atomic mass is 9.90. The van der Waals surface area contributed by atoms with Gasteiger partial charge in [-0.25, -0.2) is 8.42 Å². The summed E-state index contributed by atoms with van der Waals surface area (Å²) in [5.41, 5.74) is 8.23. The normalized spacial score (nSPS) is 23.5. The van der Waals surface area contributed by atoms with Crippen LogP contribution in [0, 0.1) is 5.92 Å². The summed E-state index contributed by atoms with van der Waals surface area (Å²) in [6, 6.07) is 5.45. The van der Waals surface area contributed by atoms with Crippen molar-refractivity contribution in [3.05, 3.63) is 29.3 Å². The van der Waals surface area contributed by atoms with E-state index >= 15 is 0 Å². The number of nitrogens with two attached hydrogens (primary N) is 1. The summed E-state index contributed by atoms with van der Waals surface area (Å²) in [7, 11) is -3.43. The molecule has 1 fully saturated rings. The van der Waals surface area contributed by atoms with E-state index in [1.165, 1.54) is 5.56 Å². The lowest BCUT2D eigenvalue weighted by Crippen LogP contribution is -2.51. The molecule has 1 saturated heterocycles. The average Bonchev–Trinajstić information content (AvgIpc) is 3.07. The van der Waals surface area contributed by atoms with Crippen molar-refractivity contribution in [3.8, 4) is 0 Å². The Bertz CT molecular complexity index is 745. The lowest BCUT2D eigenvalue weighted by Gasteiger charge is -2.39. The highest BCUT2D eigenvalue weighted by molar-refractivity contribution is 7.91. The van der Waals surface area contributed by atoms with Crippen molar-refractivity contribution >= 4 is 15.7 Å². The number of likely N-dealkylation sites (tertiary alicyclic amines) is 1. The predicted molar refractivity (Wildman–Crippen MR) is 98.1 cm³/mol. The van der Waals surface area contributed by atoms with Crippen LogP contribution >= 0.6 is 0 Å². The first-order valence-electron chi connectivity index (χ1n) is 9.26. The Morgan fingerprint density at radius 2 is 2.00 bits per heavy atom. The third kappa shape index (κ3) is 3.90. The Hall–Kier alpha value is -1.40. The first kappa shape index (κ1) is 18.4. The zero-order valence-corrected chi connectivity index (χ0v) is 15.7. The van der Waals surface area contributed by atoms with Gasteiger partial charge in [0.1, 0.15) is 0 Å². The van der Waals surface area contributed by atoms with Crippen LogP contribution in [-0.2, 0) is 27.5 Å². The van der Waals surface area contributed by atoms with E-state index < -0.39 is 9.84 Å². The SMILES string of the molecule is C[C@H]1CCCN(C(=O)CCS(=O)(=O)c2ccc3c(c2)CCC3)[C@H]1CN. The minimum atomic E-state index is -3.43. The first-order valence-corrected chi connectivity index (χ1v) is 10.9. The molecule has 0 bridgehead atoms. The molecule has 6 heteroatoms. The fourth-order valence-corrected chi connectivity index (χ4v) is 5.42. The minimum Gasteiger partial charge on any atom is -0.338 e. The van der Waals surface area contributed by atoms with Gasteiger partial charge in [-0.2, -0.15) is 0 Å². The first-order chi connectivity index (χ1) is 11.9. The van der Waals surface area contributed by atoms with E-state index in [-0.39, 0.29) is 24.1 Å². The molecular formula is C19H28N2O3S. The van der Waals surface area contributed by atoms with E-state index in [2.05, 4.69) is 6.92 Å². The number of fused-ring (bicyclic) bond motifs is 1. The Morgan fingerprint density at radius 3 is 2.76 bits per heavy atom. The van der Waals surface area contributed by atoms with Gasteiger partial charge in [0.05, 0.1) is 10.6 Å². The van der Waals surface area contributed by atoms with Gasteiger partial charge >= 0.3 is 0 Å². The number of hydrogen-bond donors (Lipinski definition) is 1. The molecule has 2 aliphatic rings. The largest absolute Gasteiger partial charge is 0.338 e. The third-order valence-corrected chi connectivity index (χ3v) is 7.40. The second-order valence-electron chi connectivity index (χ2n) is 7.36. The fourth-order valence-electron chi connectivity index (χ4n) is 4.14. The molecule has 0 saturated carbocycles. The van der Waals surface area contributed by atoms with Crippen LogP contribution < -0.4 is 5.73 Å². The van der Waals surface area contributed by atoms with Gasteiger partial charge in [-0.3, -0.25) is 4.79 Å². The van der Waals surface area contributed by atoms with Crippen LogP contribution in [0.2, 0.25) is 0 Å². The Kier molecular flexibility index (Phi) is 5.49. The molecule has 0 aromatic heterocycles. The second kappa shape index (κ2) is 7.46. The van der Waals surface area contributed by atoms with Gasteiger partial charge < -0.3 is 10.6 Å². The molecule has 0 spiro atoms. The highest BCUT2D eigenvalue weighted by atomic mass is 32.2. The summed E-state index contributed by atoms with van der Waals surface area (Å²) in [5.74, 6) is 0.148. The van der Waals surface area contributed by atoms with Gasteiger partial charge in [-0.1, -0.05) is 13.0 Å². The van der Waals surface area contributed by atoms with Crippen molar-refractivity contribution in [2.75, 3.05) is 18.8 Å². The zero-order chi connectivity index (χ0) is 18.0. The maximum Gasteiger partial charge on any atom is 0.223 e. The molecule has 0 radical (unpaired) electrons. The molecule has 3 rings (SSSR count). The predicted octanol–water partition coefficient (Wildman–Crippen LogP) is 1.92. The summed E-state index contributed by atoms with van der Waals surface area (Å²) >= 11 is 0. The van der Waals surface area contributed by atoms with Gasteiger partial charge in [-0.05, 0) is 61.3 Å². The van der Waals surface area contributed by atoms with E-state index in [0.717, 1.165) is 37.7 Å². The second-order valence-corrected chi connectivity index (χ2v) is 9.47. The number of amides is 1. The van der Waals surface area contributed by atoms with Gasteiger partial charge in [0.2, 0.25) is 5.91 Å². The molecule has 2 atom stereocenters. The van der Waals surface area contributed by atoms with E-state index in [4.69, 9.17) is 5.73 Å². The van der Waals surface area contributed by atoms with Crippen molar-refractivity contribution in [1.29, 1.82) is 0 Å². The molecule has 1 heterocycles. The van der Waals surface area contributed by atoms with Crippen molar-refractivity contribution < 1.29 is 13.2 Å². The number of sulfone groups is 1. The highest BCUT2D eigenvalue weighted by Gasteiger charge is 2.31. The number of nitrogens with zero attached hydrogens (tertiary/aromatic N) is 1. The minimum absolute atomic E-state index is 0.0304. The number of aryl methyl sites for hydroxylation is 2. The van der Waals surface area contributed by atoms with E-state index in [0.29, 0.717) is 23.9 Å². The molecular weight excluding hydrogens is 336 g/mol. The summed E-state index contributed by atoms with van der Waals surface area (Å²) in [6.45, 7) is 3.23. The highest BCUT2D eigenvalue weighted by Crippen LogP contribution is 2.26. The van der Waals surface area contributed by atoms with Gasteiger partial charge in [0.25, 0.3) is 0 Å². The van der Waals surface area contributed by atoms with Crippen molar-refractivity contribution in [2.24, 2.45) is 11.7 Å². The number of carbonyl (C=O) groups is 1. The fraction of sp³-hybridized carbons (Fsp3) is 0.632. The molecule has 1 aromatic carbocycles. The van der Waals surface area contributed by atoms with Crippen LogP contribution in [-0.4, -0.2) is 44.1 Å². The molecule has 0 unspecified atom stereocenters. The average molecular weight is 365 g/mol. The van der Waals surface area contributed by atoms with Crippen LogP contribution in [0.1, 0.15) is 43.7 Å². The van der Waals surface area contributed by atoms with E-state index in [1.54, 1.807) is 17.0 Å². The van der Waals surface area contributed by atoms with Crippen LogP contribution in [0.15, 0.2) is 23.1 Å². The maximum atomic E-state index is 12.6. The van der Waals surface area contributed by atoms with Crippen molar-refractivity contribution in [1.82, 2.24) is 4.90 Å². The number of piperidine rings is 1. The molecule has 1 amide bonds. The van der Waals surface area contributed by atoms with E-state index in [9.17, 15) is 13.2 Å². The van der Waals surface area contributed by atoms with Crippen LogP contribution in [0.25, 0.3) is 0 Å². The number of rotatable bonds is 5. The quantitative estimate of drug-likeness (QED) is 0.866. The number of benzene rings is 1. The van der Waals surface area contributed by atoms with Crippen molar-refractivity contribution in [3.63, 3.8) is 0 Å². The summed E-state index contributed by atoms with van der Waals surface area (Å²) < 4.78 is 25.3. The number of hydrogen-bond acceptors (Lipinski definition) is 4. The summed E-state index contributed by atoms with van der Waals surface area (Å²) in [5, 5.41) is 0. The van der Waals surface area contributed by atoms with Crippen LogP contribution in [0.4, 0.5) is 0 Å². The Morgan fingerprint density at radius 1 is 1.24 bits per heavy atom. The van der Waals surface area contributed by atoms with Crippen molar-refractivity contribution in [2.45, 2.75) is 56.4 Å². The summed E-state index contributed by atoms with van der Waals surface area (Å²) in [6.07, 6.45) is 5.12. The molecule has 138 valence electrons. The Balaban J connectivity index is 1.66. The topological polar surface area (TPSA) is 80.5 Å². The smallest absolute Gasteiger partial charge is 0.223 e. The third-order valence-electron chi connectivity index (χ3n) is 5.69. The van der Waals surface area contributed by atoms with E-state index in [1.807, 2.05) is 6.07 Å². The Labute approximate surface area is 150 Å². The molecule has 1 aliphatic heterocycles. The monoisotopic (exact) mass is 364 g/mol. The molecule has 25 heavy (non-hydrogen) atoms. The molecule has 5 nitrogen and oxygen atoms in total. The zero-order valence-electron chi connectivity index (χ0n) is 14.9. The number of carbonyl (C=O) groups excluding carboxylic acids is 1. The standard InChI is InChI=1S/C19H28N2O3S/c1-14-4-3-10-21(18(14)13-20)19(22)9-11-25(23,24)17-8-7-15-5-2-6-16(15)12-17/h7-8,12,14,18H,2-6,9-11,13,20H2,1H3/t14-,18-/m0/s1. The van der Waals surface area contributed by atoms with Gasteiger partial charge in [0, 0.05) is 25.6 Å². The summed E-state index contributed by atoms with van der Waals surface area (Å²) in [4.78, 5) is 14.7. The maximum absolute atomic E-state index is 12.6. The van der Waals surface area contributed by atoms with Gasteiger partial charge in [0.15, 0.2) is 9.84 Å². The molecule has 1 aromatic rings. The van der Waals surface area contributed by atoms with Crippen LogP contribution in [0.3, 0.4) is 0 Å². The lowest BCUT2D eigenvalue weighted by molar-refractivity contribution is -0.135. The van der Waals surface area contributed by atoms with Gasteiger partial charge in [-0.15, -0.1) is 0 Å². The molecule has 2 N–H and O–H groups in total. The molecule has 1 aliphatic carbocycles. The van der Waals surface area contributed by atoms with Crippen LogP contribution in [0.5, 0.6) is 0 Å².